The van der Waals surface area contributed by atoms with Gasteiger partial charge in [-0.2, -0.15) is 24.2 Å². The summed E-state index contributed by atoms with van der Waals surface area (Å²) in [6, 6.07) is 0. The summed E-state index contributed by atoms with van der Waals surface area (Å²) in [4.78, 5) is 22.2. The van der Waals surface area contributed by atoms with Crippen molar-refractivity contribution in [2.75, 3.05) is 6.54 Å². The molecule has 6 rings (SSSR count). The molecule has 0 saturated carbocycles. The van der Waals surface area contributed by atoms with Crippen molar-refractivity contribution >= 4 is 5.91 Å². The van der Waals surface area contributed by atoms with E-state index in [9.17, 15) is 4.79 Å². The van der Waals surface area contributed by atoms with E-state index < -0.39 is 17.7 Å². The minimum atomic E-state index is -3.14. The maximum atomic E-state index is 15.2. The number of carbonyl (C=O) groups is 1. The highest BCUT2D eigenvalue weighted by atomic mass is 19.3. The average molecular weight is 480 g/mol. The number of aromatic nitrogens is 7. The number of hydrogen-bond acceptors (Lipinski definition) is 8. The summed E-state index contributed by atoms with van der Waals surface area (Å²) in [6.45, 7) is 0.892. The monoisotopic (exact) mass is 480 g/mol. The van der Waals surface area contributed by atoms with Gasteiger partial charge in [0, 0.05) is 31.3 Å². The third-order valence-electron chi connectivity index (χ3n) is 6.84. The molecule has 3 aromatic rings. The molecule has 1 aliphatic heterocycles. The van der Waals surface area contributed by atoms with E-state index in [1.807, 2.05) is 12.2 Å². The maximum Gasteiger partial charge on any atom is 0.309 e. The molecule has 180 valence electrons. The fourth-order valence-corrected chi connectivity index (χ4v) is 4.89. The van der Waals surface area contributed by atoms with Crippen LogP contribution in [0.2, 0.25) is 0 Å². The fraction of sp³-hybridized carbons (Fsp3) is 0.435. The minimum absolute atomic E-state index is 0.0724. The number of amides is 1. The SMILES string of the molecule is O=C(Cc1nnc(-c2cnc(C(F)(F)C3CC4=C(CCC=C4)C3)nc2)o1)N1CCc2n[nH]nc2C1. The summed E-state index contributed by atoms with van der Waals surface area (Å²) in [5.41, 5.74) is 4.07. The number of nitrogens with zero attached hydrogens (tertiary/aromatic N) is 7. The van der Waals surface area contributed by atoms with Gasteiger partial charge in [0.15, 0.2) is 5.82 Å². The fourth-order valence-electron chi connectivity index (χ4n) is 4.89. The van der Waals surface area contributed by atoms with Gasteiger partial charge < -0.3 is 9.32 Å². The molecule has 12 heteroatoms. The Bertz CT molecular complexity index is 1330. The summed E-state index contributed by atoms with van der Waals surface area (Å²) in [5.74, 6) is -4.48. The molecule has 0 saturated heterocycles. The van der Waals surface area contributed by atoms with Crippen LogP contribution in [-0.2, 0) is 30.1 Å². The maximum absolute atomic E-state index is 15.2. The Kier molecular flexibility index (Phi) is 5.23. The van der Waals surface area contributed by atoms with E-state index in [2.05, 4.69) is 35.6 Å². The lowest BCUT2D eigenvalue weighted by atomic mass is 9.95. The van der Waals surface area contributed by atoms with Gasteiger partial charge in [-0.25, -0.2) is 9.97 Å². The molecular formula is C23H22F2N8O2. The van der Waals surface area contributed by atoms with Gasteiger partial charge in [0.25, 0.3) is 5.89 Å². The van der Waals surface area contributed by atoms with E-state index in [0.29, 0.717) is 37.9 Å². The van der Waals surface area contributed by atoms with E-state index in [1.165, 1.54) is 12.4 Å². The third-order valence-corrected chi connectivity index (χ3v) is 6.84. The molecule has 0 spiro atoms. The Hall–Kier alpha value is -3.83. The summed E-state index contributed by atoms with van der Waals surface area (Å²) in [5, 5.41) is 18.5. The number of aromatic amines is 1. The van der Waals surface area contributed by atoms with E-state index in [-0.39, 0.29) is 24.1 Å². The molecule has 0 aromatic carbocycles. The van der Waals surface area contributed by atoms with Crippen molar-refractivity contribution in [2.45, 2.75) is 51.0 Å². The molecule has 1 unspecified atom stereocenters. The van der Waals surface area contributed by atoms with Crippen molar-refractivity contribution in [3.05, 3.63) is 58.8 Å². The van der Waals surface area contributed by atoms with Crippen molar-refractivity contribution in [3.8, 4) is 11.5 Å². The molecule has 3 aliphatic rings. The number of nitrogens with one attached hydrogen (secondary N) is 1. The van der Waals surface area contributed by atoms with Crippen LogP contribution in [0.4, 0.5) is 8.78 Å². The zero-order valence-corrected chi connectivity index (χ0v) is 18.7. The standard InChI is InChI=1S/C23H22F2N8O2/c24-23(25,16-7-13-3-1-2-4-14(13)8-16)22-26-10-15(11-27-22)21-31-30-19(35-21)9-20(34)33-6-5-17-18(12-33)29-32-28-17/h1,3,10-11,16H,2,4-9,12H2,(H,28,29,32). The molecule has 3 aromatic heterocycles. The first-order chi connectivity index (χ1) is 17.0. The highest BCUT2D eigenvalue weighted by molar-refractivity contribution is 5.78. The lowest BCUT2D eigenvalue weighted by Gasteiger charge is -2.24. The van der Waals surface area contributed by atoms with Crippen LogP contribution in [0.15, 0.2) is 40.1 Å². The topological polar surface area (TPSA) is 127 Å². The van der Waals surface area contributed by atoms with Crippen LogP contribution < -0.4 is 0 Å². The van der Waals surface area contributed by atoms with Crippen LogP contribution in [0.25, 0.3) is 11.5 Å². The van der Waals surface area contributed by atoms with Crippen LogP contribution in [0, 0.1) is 5.92 Å². The molecule has 4 heterocycles. The van der Waals surface area contributed by atoms with Crippen LogP contribution in [0.3, 0.4) is 0 Å². The molecule has 10 nitrogen and oxygen atoms in total. The molecule has 1 amide bonds. The summed E-state index contributed by atoms with van der Waals surface area (Å²) in [7, 11) is 0. The predicted octanol–water partition coefficient (Wildman–Crippen LogP) is 2.92. The van der Waals surface area contributed by atoms with Crippen LogP contribution >= 0.6 is 0 Å². The number of rotatable bonds is 5. The Morgan fingerprint density at radius 2 is 1.97 bits per heavy atom. The van der Waals surface area contributed by atoms with Crippen LogP contribution in [0.1, 0.15) is 48.8 Å². The molecule has 0 fully saturated rings. The molecule has 1 atom stereocenters. The molecule has 0 radical (unpaired) electrons. The number of fused-ring (bicyclic) bond motifs is 1. The quantitative estimate of drug-likeness (QED) is 0.591. The van der Waals surface area contributed by atoms with Gasteiger partial charge in [-0.05, 0) is 31.3 Å². The van der Waals surface area contributed by atoms with Gasteiger partial charge in [0.1, 0.15) is 12.1 Å². The van der Waals surface area contributed by atoms with Crippen LogP contribution in [-0.4, -0.2) is 52.9 Å². The van der Waals surface area contributed by atoms with Crippen LogP contribution in [0.5, 0.6) is 0 Å². The van der Waals surface area contributed by atoms with Crippen molar-refractivity contribution < 1.29 is 18.0 Å². The minimum Gasteiger partial charge on any atom is -0.420 e. The highest BCUT2D eigenvalue weighted by Gasteiger charge is 2.47. The first-order valence-corrected chi connectivity index (χ1v) is 11.5. The molecule has 1 N–H and O–H groups in total. The molecule has 0 bridgehead atoms. The van der Waals surface area contributed by atoms with Gasteiger partial charge in [-0.15, -0.1) is 10.2 Å². The normalized spacial score (nSPS) is 19.7. The Balaban J connectivity index is 1.11. The van der Waals surface area contributed by atoms with Gasteiger partial charge in [0.05, 0.1) is 17.8 Å². The van der Waals surface area contributed by atoms with Crippen molar-refractivity contribution in [2.24, 2.45) is 5.92 Å². The average Bonchev–Trinajstić information content (AvgIpc) is 3.63. The summed E-state index contributed by atoms with van der Waals surface area (Å²) < 4.78 is 35.9. The van der Waals surface area contributed by atoms with Gasteiger partial charge in [0.2, 0.25) is 11.8 Å². The number of alkyl halides is 2. The Morgan fingerprint density at radius 3 is 2.80 bits per heavy atom. The summed E-state index contributed by atoms with van der Waals surface area (Å²) in [6.07, 6.45) is 9.52. The number of halogens is 2. The van der Waals surface area contributed by atoms with Crippen molar-refractivity contribution in [1.82, 2.24) is 40.5 Å². The third kappa shape index (κ3) is 4.02. The van der Waals surface area contributed by atoms with Crippen molar-refractivity contribution in [3.63, 3.8) is 0 Å². The number of hydrogen-bond donors (Lipinski definition) is 1. The second-order valence-electron chi connectivity index (χ2n) is 9.05. The van der Waals surface area contributed by atoms with Gasteiger partial charge in [-0.3, -0.25) is 4.79 Å². The zero-order valence-electron chi connectivity index (χ0n) is 18.7. The second-order valence-corrected chi connectivity index (χ2v) is 9.05. The lowest BCUT2D eigenvalue weighted by molar-refractivity contribution is -0.131. The number of H-pyrrole nitrogens is 1. The van der Waals surface area contributed by atoms with Gasteiger partial charge in [-0.1, -0.05) is 17.7 Å². The van der Waals surface area contributed by atoms with Crippen molar-refractivity contribution in [1.29, 1.82) is 0 Å². The summed E-state index contributed by atoms with van der Waals surface area (Å²) >= 11 is 0. The molecular weight excluding hydrogens is 458 g/mol. The first-order valence-electron chi connectivity index (χ1n) is 11.5. The van der Waals surface area contributed by atoms with E-state index in [0.717, 1.165) is 35.4 Å². The van der Waals surface area contributed by atoms with E-state index in [4.69, 9.17) is 4.42 Å². The van der Waals surface area contributed by atoms with E-state index in [1.54, 1.807) is 4.90 Å². The Morgan fingerprint density at radius 1 is 1.14 bits per heavy atom. The van der Waals surface area contributed by atoms with E-state index >= 15 is 8.78 Å². The first kappa shape index (κ1) is 21.7. The Labute approximate surface area is 198 Å². The highest BCUT2D eigenvalue weighted by Crippen LogP contribution is 2.48. The number of allylic oxidation sites excluding steroid dienone is 4. The number of carbonyl (C=O) groups excluding carboxylic acids is 1. The zero-order chi connectivity index (χ0) is 24.0. The predicted molar refractivity (Wildman–Crippen MR) is 117 cm³/mol. The molecule has 35 heavy (non-hydrogen) atoms. The molecule has 2 aliphatic carbocycles. The largest absolute Gasteiger partial charge is 0.420 e. The lowest BCUT2D eigenvalue weighted by Crippen LogP contribution is -2.37. The second kappa shape index (κ2) is 8.43. The smallest absolute Gasteiger partial charge is 0.309 e. The van der Waals surface area contributed by atoms with Gasteiger partial charge >= 0.3 is 5.92 Å².